The molecule has 0 aromatic heterocycles. The molecule has 1 aliphatic heterocycles. The summed E-state index contributed by atoms with van der Waals surface area (Å²) in [5.74, 6) is -0.178. The zero-order chi connectivity index (χ0) is 20.6. The summed E-state index contributed by atoms with van der Waals surface area (Å²) in [6.45, 7) is 3.95. The van der Waals surface area contributed by atoms with Crippen molar-refractivity contribution in [3.8, 4) is 0 Å². The van der Waals surface area contributed by atoms with Crippen molar-refractivity contribution in [2.45, 2.75) is 6.42 Å². The molecule has 0 bridgehead atoms. The second-order valence-electron chi connectivity index (χ2n) is 7.00. The molecule has 0 spiro atoms. The van der Waals surface area contributed by atoms with Gasteiger partial charge in [-0.05, 0) is 37.4 Å². The van der Waals surface area contributed by atoms with Crippen LogP contribution in [0.25, 0.3) is 0 Å². The molecular weight excluding hydrogens is 390 g/mol. The predicted octanol–water partition coefficient (Wildman–Crippen LogP) is 3.24. The van der Waals surface area contributed by atoms with E-state index in [1.54, 1.807) is 18.2 Å². The van der Waals surface area contributed by atoms with Gasteiger partial charge in [0.2, 0.25) is 5.91 Å². The summed E-state index contributed by atoms with van der Waals surface area (Å²) in [4.78, 5) is 28.8. The van der Waals surface area contributed by atoms with Crippen LogP contribution < -0.4 is 20.9 Å². The minimum Gasteiger partial charge on any atom is -0.367 e. The van der Waals surface area contributed by atoms with Crippen LogP contribution in [0.3, 0.4) is 0 Å². The highest BCUT2D eigenvalue weighted by atomic mass is 35.5. The van der Waals surface area contributed by atoms with Gasteiger partial charge in [0.15, 0.2) is 0 Å². The number of hydrogen-bond acceptors (Lipinski definition) is 4. The van der Waals surface area contributed by atoms with Gasteiger partial charge in [0, 0.05) is 49.9 Å². The van der Waals surface area contributed by atoms with Crippen molar-refractivity contribution in [3.63, 3.8) is 0 Å². The second kappa shape index (κ2) is 10.1. The molecule has 0 atom stereocenters. The van der Waals surface area contributed by atoms with Gasteiger partial charge in [-0.1, -0.05) is 29.8 Å². The van der Waals surface area contributed by atoms with Gasteiger partial charge in [-0.3, -0.25) is 4.79 Å². The molecule has 3 rings (SSSR count). The number of para-hydroxylation sites is 1. The molecule has 1 fully saturated rings. The van der Waals surface area contributed by atoms with Crippen LogP contribution in [0.1, 0.15) is 6.42 Å². The Balaban J connectivity index is 1.51. The minimum absolute atomic E-state index is 0.164. The molecule has 1 heterocycles. The van der Waals surface area contributed by atoms with E-state index in [1.165, 1.54) is 0 Å². The van der Waals surface area contributed by atoms with E-state index in [4.69, 9.17) is 11.6 Å². The Kier molecular flexibility index (Phi) is 7.32. The number of rotatable bonds is 6. The van der Waals surface area contributed by atoms with E-state index >= 15 is 0 Å². The first-order valence-electron chi connectivity index (χ1n) is 9.64. The largest absolute Gasteiger partial charge is 0.367 e. The number of nitrogens with one attached hydrogen (secondary N) is 3. The number of benzene rings is 2. The maximum Gasteiger partial charge on any atom is 0.319 e. The van der Waals surface area contributed by atoms with Gasteiger partial charge in [-0.15, -0.1) is 0 Å². The van der Waals surface area contributed by atoms with E-state index in [1.807, 2.05) is 30.3 Å². The van der Waals surface area contributed by atoms with E-state index in [0.717, 1.165) is 31.9 Å². The number of carbonyl (C=O) groups excluding carboxylic acids is 2. The Labute approximate surface area is 176 Å². The number of anilines is 3. The second-order valence-corrected chi connectivity index (χ2v) is 7.43. The molecule has 2 aromatic rings. The van der Waals surface area contributed by atoms with Crippen molar-refractivity contribution >= 4 is 40.6 Å². The maximum absolute atomic E-state index is 12.4. The maximum atomic E-state index is 12.4. The lowest BCUT2D eigenvalue weighted by molar-refractivity contribution is -0.116. The molecular formula is C21H26ClN5O2. The third-order valence-corrected chi connectivity index (χ3v) is 4.98. The Bertz CT molecular complexity index is 838. The lowest BCUT2D eigenvalue weighted by Crippen LogP contribution is -2.44. The number of likely N-dealkylation sites (N-methyl/N-ethyl adjacent to an activating group) is 1. The first-order valence-corrected chi connectivity index (χ1v) is 10.0. The fourth-order valence-corrected chi connectivity index (χ4v) is 3.30. The van der Waals surface area contributed by atoms with Gasteiger partial charge in [-0.25, -0.2) is 4.79 Å². The van der Waals surface area contributed by atoms with Gasteiger partial charge in [0.05, 0.1) is 11.4 Å². The van der Waals surface area contributed by atoms with Crippen LogP contribution >= 0.6 is 11.6 Å². The lowest BCUT2D eigenvalue weighted by Gasteiger charge is -2.35. The molecule has 3 amide bonds. The van der Waals surface area contributed by atoms with E-state index in [0.29, 0.717) is 16.4 Å². The molecule has 0 unspecified atom stereocenters. The molecule has 8 heteroatoms. The topological polar surface area (TPSA) is 76.7 Å². The van der Waals surface area contributed by atoms with Crippen molar-refractivity contribution in [1.82, 2.24) is 10.2 Å². The average Bonchev–Trinajstić information content (AvgIpc) is 2.70. The summed E-state index contributed by atoms with van der Waals surface area (Å²) in [5, 5.41) is 8.91. The Morgan fingerprint density at radius 1 is 1.00 bits per heavy atom. The molecule has 2 aromatic carbocycles. The Morgan fingerprint density at radius 2 is 1.72 bits per heavy atom. The van der Waals surface area contributed by atoms with Crippen molar-refractivity contribution in [1.29, 1.82) is 0 Å². The first kappa shape index (κ1) is 21.0. The molecule has 29 heavy (non-hydrogen) atoms. The summed E-state index contributed by atoms with van der Waals surface area (Å²) >= 11 is 6.14. The van der Waals surface area contributed by atoms with Crippen LogP contribution in [-0.2, 0) is 4.79 Å². The van der Waals surface area contributed by atoms with Gasteiger partial charge >= 0.3 is 6.03 Å². The van der Waals surface area contributed by atoms with E-state index in [-0.39, 0.29) is 24.9 Å². The number of carbonyl (C=O) groups is 2. The zero-order valence-corrected chi connectivity index (χ0v) is 17.2. The monoisotopic (exact) mass is 415 g/mol. The summed E-state index contributed by atoms with van der Waals surface area (Å²) in [6, 6.07) is 14.3. The van der Waals surface area contributed by atoms with Gasteiger partial charge in [0.25, 0.3) is 0 Å². The molecule has 3 N–H and O–H groups in total. The highest BCUT2D eigenvalue weighted by Gasteiger charge is 2.18. The van der Waals surface area contributed by atoms with Crippen LogP contribution in [0.2, 0.25) is 5.02 Å². The summed E-state index contributed by atoms with van der Waals surface area (Å²) in [5.41, 5.74) is 2.36. The highest BCUT2D eigenvalue weighted by molar-refractivity contribution is 6.31. The van der Waals surface area contributed by atoms with Crippen molar-refractivity contribution in [3.05, 3.63) is 53.6 Å². The van der Waals surface area contributed by atoms with E-state index in [9.17, 15) is 9.59 Å². The number of halogens is 1. The van der Waals surface area contributed by atoms with Crippen molar-refractivity contribution in [2.75, 3.05) is 55.3 Å². The lowest BCUT2D eigenvalue weighted by atomic mass is 10.2. The number of nitrogens with zero attached hydrogens (tertiary/aromatic N) is 2. The first-order chi connectivity index (χ1) is 14.0. The molecule has 154 valence electrons. The number of hydrogen-bond donors (Lipinski definition) is 3. The van der Waals surface area contributed by atoms with Crippen molar-refractivity contribution in [2.24, 2.45) is 0 Å². The Morgan fingerprint density at radius 3 is 2.45 bits per heavy atom. The quantitative estimate of drug-likeness (QED) is 0.677. The number of urea groups is 1. The molecule has 0 aliphatic carbocycles. The molecule has 1 aliphatic rings. The van der Waals surface area contributed by atoms with Crippen LogP contribution in [0.5, 0.6) is 0 Å². The van der Waals surface area contributed by atoms with Crippen LogP contribution in [0.4, 0.5) is 21.9 Å². The van der Waals surface area contributed by atoms with E-state index < -0.39 is 0 Å². The summed E-state index contributed by atoms with van der Waals surface area (Å²) in [6.07, 6.45) is 0.164. The summed E-state index contributed by atoms with van der Waals surface area (Å²) < 4.78 is 0. The molecule has 1 saturated heterocycles. The fourth-order valence-electron chi connectivity index (χ4n) is 3.13. The highest BCUT2D eigenvalue weighted by Crippen LogP contribution is 2.30. The van der Waals surface area contributed by atoms with Gasteiger partial charge < -0.3 is 25.8 Å². The zero-order valence-electron chi connectivity index (χ0n) is 16.5. The van der Waals surface area contributed by atoms with Crippen LogP contribution in [0, 0.1) is 0 Å². The number of amides is 3. The molecule has 7 nitrogen and oxygen atoms in total. The molecule has 0 radical (unpaired) electrons. The average molecular weight is 416 g/mol. The van der Waals surface area contributed by atoms with Gasteiger partial charge in [0.1, 0.15) is 0 Å². The number of piperazine rings is 1. The van der Waals surface area contributed by atoms with Crippen molar-refractivity contribution < 1.29 is 9.59 Å². The Hall–Kier alpha value is -2.77. The predicted molar refractivity (Wildman–Crippen MR) is 118 cm³/mol. The molecule has 0 saturated carbocycles. The normalized spacial score (nSPS) is 14.3. The third kappa shape index (κ3) is 6.37. The summed E-state index contributed by atoms with van der Waals surface area (Å²) in [7, 11) is 2.10. The minimum atomic E-state index is -0.343. The SMILES string of the molecule is CN1CCN(c2ccc(Cl)cc2NC(=O)CCNC(=O)Nc2ccccc2)CC1. The smallest absolute Gasteiger partial charge is 0.319 e. The van der Waals surface area contributed by atoms with Crippen LogP contribution in [0.15, 0.2) is 48.5 Å². The fraction of sp³-hybridized carbons (Fsp3) is 0.333. The standard InChI is InChI=1S/C21H26ClN5O2/c1-26-11-13-27(14-12-26)19-8-7-16(22)15-18(19)25-20(28)9-10-23-21(29)24-17-5-3-2-4-6-17/h2-8,15H,9-14H2,1H3,(H,25,28)(H2,23,24,29). The van der Waals surface area contributed by atoms with Crippen LogP contribution in [-0.4, -0.2) is 56.6 Å². The van der Waals surface area contributed by atoms with E-state index in [2.05, 4.69) is 32.8 Å². The third-order valence-electron chi connectivity index (χ3n) is 4.75. The van der Waals surface area contributed by atoms with Gasteiger partial charge in [-0.2, -0.15) is 0 Å².